The maximum Gasteiger partial charge on any atom is 0.222 e. The van der Waals surface area contributed by atoms with Crippen molar-refractivity contribution in [2.24, 2.45) is 0 Å². The van der Waals surface area contributed by atoms with Crippen molar-refractivity contribution in [1.29, 1.82) is 0 Å². The SMILES string of the molecule is CC(C)c1nccn1CCC(=O)NC(c1ccccc1)c1cccs1. The Balaban J connectivity index is 1.68. The topological polar surface area (TPSA) is 46.9 Å². The summed E-state index contributed by atoms with van der Waals surface area (Å²) >= 11 is 1.66. The quantitative estimate of drug-likeness (QED) is 0.686. The minimum absolute atomic E-state index is 0.0469. The van der Waals surface area contributed by atoms with E-state index in [4.69, 9.17) is 0 Å². The summed E-state index contributed by atoms with van der Waals surface area (Å²) in [5.74, 6) is 1.41. The van der Waals surface area contributed by atoms with Crippen LogP contribution < -0.4 is 5.32 Å². The fourth-order valence-corrected chi connectivity index (χ4v) is 3.69. The smallest absolute Gasteiger partial charge is 0.222 e. The van der Waals surface area contributed by atoms with Crippen molar-refractivity contribution in [2.45, 2.75) is 38.8 Å². The summed E-state index contributed by atoms with van der Waals surface area (Å²) in [6.07, 6.45) is 4.17. The zero-order valence-corrected chi connectivity index (χ0v) is 15.4. The lowest BCUT2D eigenvalue weighted by Crippen LogP contribution is -2.29. The molecule has 1 atom stereocenters. The average Bonchev–Trinajstić information content (AvgIpc) is 3.30. The van der Waals surface area contributed by atoms with Gasteiger partial charge in [-0.05, 0) is 17.0 Å². The van der Waals surface area contributed by atoms with Gasteiger partial charge in [-0.25, -0.2) is 4.98 Å². The molecule has 0 fully saturated rings. The second-order valence-corrected chi connectivity index (χ2v) is 7.29. The lowest BCUT2D eigenvalue weighted by Gasteiger charge is -2.18. The molecule has 3 aromatic rings. The summed E-state index contributed by atoms with van der Waals surface area (Å²) in [5.41, 5.74) is 1.10. The summed E-state index contributed by atoms with van der Waals surface area (Å²) < 4.78 is 2.06. The van der Waals surface area contributed by atoms with Gasteiger partial charge in [-0.15, -0.1) is 11.3 Å². The van der Waals surface area contributed by atoms with E-state index in [1.54, 1.807) is 17.5 Å². The molecule has 1 unspecified atom stereocenters. The number of carbonyl (C=O) groups is 1. The molecule has 0 aliphatic heterocycles. The third-order valence-electron chi connectivity index (χ3n) is 4.11. The molecule has 0 saturated heterocycles. The number of carbonyl (C=O) groups excluding carboxylic acids is 1. The van der Waals surface area contributed by atoms with Gasteiger partial charge in [0, 0.05) is 36.2 Å². The van der Waals surface area contributed by atoms with Gasteiger partial charge in [-0.3, -0.25) is 4.79 Å². The first-order valence-corrected chi connectivity index (χ1v) is 9.42. The molecule has 0 saturated carbocycles. The lowest BCUT2D eigenvalue weighted by atomic mass is 10.1. The van der Waals surface area contributed by atoms with Crippen LogP contribution in [0.3, 0.4) is 0 Å². The summed E-state index contributed by atoms with van der Waals surface area (Å²) in [4.78, 5) is 18.1. The first kappa shape index (κ1) is 17.4. The van der Waals surface area contributed by atoms with Gasteiger partial charge in [0.2, 0.25) is 5.91 Å². The molecule has 0 spiro atoms. The van der Waals surface area contributed by atoms with Crippen LogP contribution in [0, 0.1) is 0 Å². The number of aryl methyl sites for hydroxylation is 1. The summed E-state index contributed by atoms with van der Waals surface area (Å²) in [5, 5.41) is 5.22. The van der Waals surface area contributed by atoms with E-state index in [0.717, 1.165) is 16.3 Å². The Morgan fingerprint density at radius 1 is 1.20 bits per heavy atom. The molecule has 2 heterocycles. The fraction of sp³-hybridized carbons (Fsp3) is 0.300. The molecule has 0 aliphatic rings. The minimum Gasteiger partial charge on any atom is -0.344 e. The van der Waals surface area contributed by atoms with Crippen LogP contribution in [0.2, 0.25) is 0 Å². The Morgan fingerprint density at radius 3 is 2.68 bits per heavy atom. The van der Waals surface area contributed by atoms with Crippen LogP contribution in [0.1, 0.15) is 48.5 Å². The zero-order chi connectivity index (χ0) is 17.6. The highest BCUT2D eigenvalue weighted by atomic mass is 32.1. The van der Waals surface area contributed by atoms with Crippen molar-refractivity contribution in [3.63, 3.8) is 0 Å². The van der Waals surface area contributed by atoms with Gasteiger partial charge < -0.3 is 9.88 Å². The van der Waals surface area contributed by atoms with Crippen LogP contribution in [-0.2, 0) is 11.3 Å². The Labute approximate surface area is 152 Å². The average molecular weight is 353 g/mol. The number of hydrogen-bond acceptors (Lipinski definition) is 3. The number of benzene rings is 1. The molecule has 0 bridgehead atoms. The summed E-state index contributed by atoms with van der Waals surface area (Å²) in [7, 11) is 0. The first-order chi connectivity index (χ1) is 12.1. The molecule has 2 aromatic heterocycles. The summed E-state index contributed by atoms with van der Waals surface area (Å²) in [6.45, 7) is 4.87. The van der Waals surface area contributed by atoms with Crippen LogP contribution >= 0.6 is 11.3 Å². The van der Waals surface area contributed by atoms with E-state index in [-0.39, 0.29) is 11.9 Å². The highest BCUT2D eigenvalue weighted by Gasteiger charge is 2.18. The predicted molar refractivity (Wildman–Crippen MR) is 102 cm³/mol. The second kappa shape index (κ2) is 8.12. The van der Waals surface area contributed by atoms with Crippen molar-refractivity contribution in [2.75, 3.05) is 0 Å². The van der Waals surface area contributed by atoms with Gasteiger partial charge in [0.1, 0.15) is 5.82 Å². The second-order valence-electron chi connectivity index (χ2n) is 6.31. The predicted octanol–water partition coefficient (Wildman–Crippen LogP) is 4.36. The highest BCUT2D eigenvalue weighted by molar-refractivity contribution is 7.10. The molecular formula is C20H23N3OS. The lowest BCUT2D eigenvalue weighted by molar-refractivity contribution is -0.121. The minimum atomic E-state index is -0.0962. The van der Waals surface area contributed by atoms with Crippen molar-refractivity contribution < 1.29 is 4.79 Å². The molecule has 0 radical (unpaired) electrons. The van der Waals surface area contributed by atoms with Crippen LogP contribution in [-0.4, -0.2) is 15.5 Å². The third kappa shape index (κ3) is 4.37. The number of rotatable bonds is 7. The zero-order valence-electron chi connectivity index (χ0n) is 14.6. The molecule has 0 aliphatic carbocycles. The molecule has 25 heavy (non-hydrogen) atoms. The van der Waals surface area contributed by atoms with E-state index >= 15 is 0 Å². The number of imidazole rings is 1. The van der Waals surface area contributed by atoms with E-state index in [2.05, 4.69) is 46.9 Å². The van der Waals surface area contributed by atoms with E-state index in [1.165, 1.54) is 0 Å². The van der Waals surface area contributed by atoms with Crippen LogP contribution in [0.4, 0.5) is 0 Å². The third-order valence-corrected chi connectivity index (χ3v) is 5.05. The maximum atomic E-state index is 12.6. The Hall–Kier alpha value is -2.40. The largest absolute Gasteiger partial charge is 0.344 e. The van der Waals surface area contributed by atoms with Gasteiger partial charge >= 0.3 is 0 Å². The van der Waals surface area contributed by atoms with Crippen LogP contribution in [0.15, 0.2) is 60.2 Å². The first-order valence-electron chi connectivity index (χ1n) is 8.54. The van der Waals surface area contributed by atoms with E-state index in [1.807, 2.05) is 35.8 Å². The van der Waals surface area contributed by atoms with Gasteiger partial charge in [-0.1, -0.05) is 50.2 Å². The molecule has 5 heteroatoms. The van der Waals surface area contributed by atoms with E-state index in [0.29, 0.717) is 18.9 Å². The standard InChI is InChI=1S/C20H23N3OS/c1-15(2)20-21-11-13-23(20)12-10-18(24)22-19(17-9-6-14-25-17)16-7-4-3-5-8-16/h3-9,11,13-15,19H,10,12H2,1-2H3,(H,22,24). The highest BCUT2D eigenvalue weighted by Crippen LogP contribution is 2.26. The number of nitrogens with one attached hydrogen (secondary N) is 1. The maximum absolute atomic E-state index is 12.6. The monoisotopic (exact) mass is 353 g/mol. The van der Waals surface area contributed by atoms with Crippen LogP contribution in [0.25, 0.3) is 0 Å². The molecule has 3 rings (SSSR count). The number of thiophene rings is 1. The number of aromatic nitrogens is 2. The Morgan fingerprint density at radius 2 is 2.00 bits per heavy atom. The molecule has 130 valence electrons. The molecule has 4 nitrogen and oxygen atoms in total. The van der Waals surface area contributed by atoms with E-state index < -0.39 is 0 Å². The van der Waals surface area contributed by atoms with E-state index in [9.17, 15) is 4.79 Å². The van der Waals surface area contributed by atoms with Gasteiger partial charge in [0.15, 0.2) is 0 Å². The van der Waals surface area contributed by atoms with Gasteiger partial charge in [0.05, 0.1) is 6.04 Å². The Bertz CT molecular complexity index is 793. The normalized spacial score (nSPS) is 12.3. The van der Waals surface area contributed by atoms with Crippen molar-refractivity contribution in [3.8, 4) is 0 Å². The number of hydrogen-bond donors (Lipinski definition) is 1. The van der Waals surface area contributed by atoms with Crippen LogP contribution in [0.5, 0.6) is 0 Å². The Kier molecular flexibility index (Phi) is 5.66. The molecule has 1 N–H and O–H groups in total. The molecule has 1 aromatic carbocycles. The fourth-order valence-electron chi connectivity index (χ4n) is 2.89. The molecule has 1 amide bonds. The molecular weight excluding hydrogens is 330 g/mol. The summed E-state index contributed by atoms with van der Waals surface area (Å²) in [6, 6.07) is 14.1. The van der Waals surface area contributed by atoms with Gasteiger partial charge in [-0.2, -0.15) is 0 Å². The van der Waals surface area contributed by atoms with Crippen molar-refractivity contribution >= 4 is 17.2 Å². The number of amides is 1. The number of nitrogens with zero attached hydrogens (tertiary/aromatic N) is 2. The van der Waals surface area contributed by atoms with Gasteiger partial charge in [0.25, 0.3) is 0 Å². The van der Waals surface area contributed by atoms with Crippen molar-refractivity contribution in [3.05, 3.63) is 76.5 Å². The van der Waals surface area contributed by atoms with Crippen molar-refractivity contribution in [1.82, 2.24) is 14.9 Å².